The molecule has 0 fully saturated rings. The minimum Gasteiger partial charge on any atom is -0.381 e. The second-order valence-corrected chi connectivity index (χ2v) is 2.62. The van der Waals surface area contributed by atoms with Gasteiger partial charge in [0.05, 0.1) is 0 Å². The number of hydrogen-bond donors (Lipinski definition) is 0. The van der Waals surface area contributed by atoms with E-state index in [0.29, 0.717) is 12.0 Å². The van der Waals surface area contributed by atoms with Crippen molar-refractivity contribution >= 4 is 5.94 Å². The highest BCUT2D eigenvalue weighted by molar-refractivity contribution is 5.57. The third kappa shape index (κ3) is 1.82. The predicted octanol–water partition coefficient (Wildman–Crippen LogP) is 0.953. The van der Waals surface area contributed by atoms with Crippen molar-refractivity contribution in [2.45, 2.75) is 6.42 Å². The Labute approximate surface area is 66.5 Å². The molecule has 1 radical (unpaired) electrons. The zero-order valence-electron chi connectivity index (χ0n) is 6.72. The largest absolute Gasteiger partial charge is 0.381 e. The molecule has 0 aliphatic heterocycles. The molecule has 0 spiro atoms. The molecule has 2 nitrogen and oxygen atoms in total. The average molecular weight is 148 g/mol. The van der Waals surface area contributed by atoms with Crippen molar-refractivity contribution in [3.05, 3.63) is 29.5 Å². The zero-order valence-corrected chi connectivity index (χ0v) is 6.72. The summed E-state index contributed by atoms with van der Waals surface area (Å²) < 4.78 is 0. The number of rotatable bonds is 1. The van der Waals surface area contributed by atoms with Crippen LogP contribution >= 0.6 is 0 Å². The molecule has 1 aliphatic carbocycles. The van der Waals surface area contributed by atoms with Gasteiger partial charge in [0.2, 0.25) is 0 Å². The van der Waals surface area contributed by atoms with Crippen LogP contribution in [0, 0.1) is 6.08 Å². The van der Waals surface area contributed by atoms with Gasteiger partial charge in [-0.15, -0.1) is 0 Å². The van der Waals surface area contributed by atoms with Gasteiger partial charge in [0.25, 0.3) is 0 Å². The fourth-order valence-corrected chi connectivity index (χ4v) is 0.902. The molecule has 0 saturated carbocycles. The van der Waals surface area contributed by atoms with Crippen LogP contribution in [0.1, 0.15) is 6.42 Å². The molecule has 0 N–H and O–H groups in total. The van der Waals surface area contributed by atoms with Gasteiger partial charge in [-0.05, 0) is 12.2 Å². The van der Waals surface area contributed by atoms with Gasteiger partial charge in [0.15, 0.2) is 0 Å². The van der Waals surface area contributed by atoms with Crippen LogP contribution in [0.3, 0.4) is 0 Å². The minimum absolute atomic E-state index is 0.594. The fraction of sp³-hybridized carbons (Fsp3) is 0.333. The Hall–Kier alpha value is -1.27. The highest BCUT2D eigenvalue weighted by Gasteiger charge is 2.05. The quantitative estimate of drug-likeness (QED) is 0.516. The maximum atomic E-state index is 10.2. The van der Waals surface area contributed by atoms with Crippen LogP contribution < -0.4 is 0 Å². The van der Waals surface area contributed by atoms with Gasteiger partial charge in [0.1, 0.15) is 5.94 Å². The summed E-state index contributed by atoms with van der Waals surface area (Å²) in [5, 5.41) is 0. The smallest absolute Gasteiger partial charge is 0.128 e. The van der Waals surface area contributed by atoms with E-state index < -0.39 is 0 Å². The predicted molar refractivity (Wildman–Crippen MR) is 43.4 cm³/mol. The first-order valence-electron chi connectivity index (χ1n) is 3.44. The first-order chi connectivity index (χ1) is 5.24. The molecule has 2 heteroatoms. The zero-order chi connectivity index (χ0) is 8.27. The van der Waals surface area contributed by atoms with Crippen LogP contribution in [0.5, 0.6) is 0 Å². The molecular weight excluding hydrogens is 138 g/mol. The Kier molecular flexibility index (Phi) is 2.29. The van der Waals surface area contributed by atoms with Gasteiger partial charge in [0, 0.05) is 31.8 Å². The first-order valence-corrected chi connectivity index (χ1v) is 3.44. The van der Waals surface area contributed by atoms with Crippen molar-refractivity contribution in [3.63, 3.8) is 0 Å². The van der Waals surface area contributed by atoms with Crippen LogP contribution in [-0.2, 0) is 4.79 Å². The van der Waals surface area contributed by atoms with E-state index in [2.05, 4.69) is 6.08 Å². The highest BCUT2D eigenvalue weighted by Crippen LogP contribution is 2.15. The molecule has 0 aromatic rings. The molecule has 0 amide bonds. The molecule has 0 saturated heterocycles. The Morgan fingerprint density at radius 1 is 1.64 bits per heavy atom. The summed E-state index contributed by atoms with van der Waals surface area (Å²) in [5.74, 6) is 1.85. The summed E-state index contributed by atoms with van der Waals surface area (Å²) in [6.45, 7) is 0. The number of nitrogens with zero attached hydrogens (tertiary/aromatic N) is 1. The van der Waals surface area contributed by atoms with Crippen LogP contribution in [0.15, 0.2) is 23.4 Å². The van der Waals surface area contributed by atoms with Gasteiger partial charge >= 0.3 is 0 Å². The Morgan fingerprint density at radius 3 is 2.91 bits per heavy atom. The van der Waals surface area contributed by atoms with Crippen molar-refractivity contribution in [2.75, 3.05) is 14.1 Å². The van der Waals surface area contributed by atoms with Crippen LogP contribution in [-0.4, -0.2) is 24.9 Å². The average Bonchev–Trinajstić information content (AvgIpc) is 2.05. The van der Waals surface area contributed by atoms with E-state index in [1.54, 1.807) is 6.08 Å². The molecule has 0 atom stereocenters. The molecule has 11 heavy (non-hydrogen) atoms. The number of carbonyl (C=O) groups excluding carboxylic acids is 1. The number of allylic oxidation sites excluding steroid dienone is 4. The van der Waals surface area contributed by atoms with E-state index in [1.165, 1.54) is 0 Å². The normalized spacial score (nSPS) is 15.8. The lowest BCUT2D eigenvalue weighted by Crippen LogP contribution is -2.12. The minimum atomic E-state index is 0.594. The van der Waals surface area contributed by atoms with E-state index in [9.17, 15) is 4.79 Å². The molecule has 0 aromatic heterocycles. The summed E-state index contributed by atoms with van der Waals surface area (Å²) >= 11 is 0. The van der Waals surface area contributed by atoms with Crippen molar-refractivity contribution in [3.8, 4) is 0 Å². The van der Waals surface area contributed by atoms with Gasteiger partial charge in [-0.25, -0.2) is 4.79 Å². The molecule has 1 aliphatic rings. The SMILES string of the molecule is CN(C)C1=CC=[C]C(=C=O)C1. The second-order valence-electron chi connectivity index (χ2n) is 2.62. The second kappa shape index (κ2) is 3.22. The van der Waals surface area contributed by atoms with Crippen molar-refractivity contribution in [1.82, 2.24) is 4.90 Å². The van der Waals surface area contributed by atoms with Crippen molar-refractivity contribution in [1.29, 1.82) is 0 Å². The molecule has 1 rings (SSSR count). The molecular formula is C9H10NO. The summed E-state index contributed by atoms with van der Waals surface area (Å²) in [7, 11) is 3.90. The topological polar surface area (TPSA) is 20.3 Å². The highest BCUT2D eigenvalue weighted by atomic mass is 16.1. The maximum absolute atomic E-state index is 10.2. The van der Waals surface area contributed by atoms with Crippen molar-refractivity contribution in [2.24, 2.45) is 0 Å². The Morgan fingerprint density at radius 2 is 2.36 bits per heavy atom. The van der Waals surface area contributed by atoms with Crippen molar-refractivity contribution < 1.29 is 4.79 Å². The lowest BCUT2D eigenvalue weighted by Gasteiger charge is -2.17. The number of hydrogen-bond acceptors (Lipinski definition) is 2. The first kappa shape index (κ1) is 7.83. The Bertz CT molecular complexity index is 255. The van der Waals surface area contributed by atoms with Crippen LogP contribution in [0.4, 0.5) is 0 Å². The molecule has 0 aromatic carbocycles. The summed E-state index contributed by atoms with van der Waals surface area (Å²) in [4.78, 5) is 12.2. The Balaban J connectivity index is 2.80. The van der Waals surface area contributed by atoms with E-state index in [4.69, 9.17) is 0 Å². The van der Waals surface area contributed by atoms with Crippen LogP contribution in [0.25, 0.3) is 0 Å². The summed E-state index contributed by atoms with van der Waals surface area (Å²) in [6.07, 6.45) is 7.16. The standard InChI is InChI=1S/C9H10NO/c1-10(2)9-5-3-4-8(6-9)7-11/h3,5H,6H2,1-2H3. The molecule has 0 heterocycles. The molecule has 57 valence electrons. The summed E-state index contributed by atoms with van der Waals surface area (Å²) in [5.41, 5.74) is 1.71. The monoisotopic (exact) mass is 148 g/mol. The van der Waals surface area contributed by atoms with Gasteiger partial charge in [-0.2, -0.15) is 0 Å². The van der Waals surface area contributed by atoms with Gasteiger partial charge in [-0.1, -0.05) is 6.08 Å². The van der Waals surface area contributed by atoms with E-state index >= 15 is 0 Å². The molecule has 0 unspecified atom stereocenters. The lowest BCUT2D eigenvalue weighted by atomic mass is 10.1. The van der Waals surface area contributed by atoms with Gasteiger partial charge < -0.3 is 4.90 Å². The van der Waals surface area contributed by atoms with Crippen LogP contribution in [0.2, 0.25) is 0 Å². The third-order valence-corrected chi connectivity index (χ3v) is 1.59. The third-order valence-electron chi connectivity index (χ3n) is 1.59. The summed E-state index contributed by atoms with van der Waals surface area (Å²) in [6, 6.07) is 0. The van der Waals surface area contributed by atoms with E-state index in [-0.39, 0.29) is 0 Å². The lowest BCUT2D eigenvalue weighted by molar-refractivity contribution is 0.496. The fourth-order valence-electron chi connectivity index (χ4n) is 0.902. The maximum Gasteiger partial charge on any atom is 0.128 e. The molecule has 0 bridgehead atoms. The van der Waals surface area contributed by atoms with Gasteiger partial charge in [-0.3, -0.25) is 0 Å². The van der Waals surface area contributed by atoms with E-state index in [1.807, 2.05) is 31.0 Å². The van der Waals surface area contributed by atoms with E-state index in [0.717, 1.165) is 5.70 Å².